The molecule has 0 radical (unpaired) electrons. The van der Waals surface area contributed by atoms with Gasteiger partial charge in [0.2, 0.25) is 0 Å². The summed E-state index contributed by atoms with van der Waals surface area (Å²) in [6.07, 6.45) is 1.03. The van der Waals surface area contributed by atoms with Gasteiger partial charge in [-0.2, -0.15) is 0 Å². The second-order valence-corrected chi connectivity index (χ2v) is 6.24. The maximum Gasteiger partial charge on any atom is 0.261 e. The summed E-state index contributed by atoms with van der Waals surface area (Å²) in [7, 11) is 1.58. The molecular formula is C19H17NO4. The maximum absolute atomic E-state index is 13.0. The van der Waals surface area contributed by atoms with E-state index in [-0.39, 0.29) is 5.78 Å². The summed E-state index contributed by atoms with van der Waals surface area (Å²) in [4.78, 5) is 25.5. The zero-order valence-electron chi connectivity index (χ0n) is 13.2. The minimum Gasteiger partial charge on any atom is -0.497 e. The standard InChI is InChI=1S/C19H17NO4/c1-24-12-7-8-13-11(10-12)6-9-15(17(13)21)19(23)14-4-2-3-5-16(14)20-18(19)22/h2-5,7-8,10,15,23H,6,9H2,1H3,(H,20,22)/t15-,19+/m1/s1. The number of hydrogen-bond acceptors (Lipinski definition) is 4. The van der Waals surface area contributed by atoms with Crippen LogP contribution in [-0.4, -0.2) is 23.9 Å². The van der Waals surface area contributed by atoms with E-state index in [1.54, 1.807) is 43.5 Å². The Bertz CT molecular complexity index is 860. The summed E-state index contributed by atoms with van der Waals surface area (Å²) in [6, 6.07) is 12.3. The van der Waals surface area contributed by atoms with Crippen LogP contribution in [0.15, 0.2) is 42.5 Å². The number of rotatable bonds is 2. The number of carbonyl (C=O) groups excluding carboxylic acids is 2. The van der Waals surface area contributed by atoms with Crippen LogP contribution in [0.1, 0.15) is 27.9 Å². The van der Waals surface area contributed by atoms with Gasteiger partial charge in [-0.05, 0) is 42.7 Å². The first kappa shape index (κ1) is 14.9. The van der Waals surface area contributed by atoms with E-state index in [9.17, 15) is 14.7 Å². The van der Waals surface area contributed by atoms with Gasteiger partial charge in [0.1, 0.15) is 5.75 Å². The van der Waals surface area contributed by atoms with Crippen LogP contribution >= 0.6 is 0 Å². The van der Waals surface area contributed by atoms with Crippen LogP contribution in [0.3, 0.4) is 0 Å². The van der Waals surface area contributed by atoms with Gasteiger partial charge in [0.25, 0.3) is 5.91 Å². The molecule has 1 aliphatic carbocycles. The third-order valence-electron chi connectivity index (χ3n) is 5.03. The topological polar surface area (TPSA) is 75.6 Å². The van der Waals surface area contributed by atoms with E-state index in [4.69, 9.17) is 4.74 Å². The van der Waals surface area contributed by atoms with Crippen LogP contribution in [0.5, 0.6) is 5.75 Å². The highest BCUT2D eigenvalue weighted by atomic mass is 16.5. The molecule has 1 aliphatic heterocycles. The lowest BCUT2D eigenvalue weighted by Crippen LogP contribution is -2.47. The Morgan fingerprint density at radius 2 is 2.00 bits per heavy atom. The smallest absolute Gasteiger partial charge is 0.261 e. The van der Waals surface area contributed by atoms with E-state index in [0.717, 1.165) is 5.56 Å². The summed E-state index contributed by atoms with van der Waals surface area (Å²) in [5.74, 6) is -0.822. The maximum atomic E-state index is 13.0. The number of nitrogens with one attached hydrogen (secondary N) is 1. The molecule has 2 atom stereocenters. The van der Waals surface area contributed by atoms with E-state index in [0.29, 0.717) is 35.4 Å². The lowest BCUT2D eigenvalue weighted by Gasteiger charge is -2.33. The number of amides is 1. The predicted molar refractivity (Wildman–Crippen MR) is 88.1 cm³/mol. The van der Waals surface area contributed by atoms with Crippen molar-refractivity contribution in [1.82, 2.24) is 0 Å². The molecule has 0 saturated carbocycles. The van der Waals surface area contributed by atoms with Gasteiger partial charge in [0.15, 0.2) is 11.4 Å². The summed E-state index contributed by atoms with van der Waals surface area (Å²) in [6.45, 7) is 0. The first-order valence-corrected chi connectivity index (χ1v) is 7.90. The molecular weight excluding hydrogens is 306 g/mol. The van der Waals surface area contributed by atoms with Gasteiger partial charge in [-0.1, -0.05) is 18.2 Å². The van der Waals surface area contributed by atoms with Gasteiger partial charge in [-0.25, -0.2) is 0 Å². The summed E-state index contributed by atoms with van der Waals surface area (Å²) >= 11 is 0. The van der Waals surface area contributed by atoms with Gasteiger partial charge in [-0.15, -0.1) is 0 Å². The van der Waals surface area contributed by atoms with Gasteiger partial charge in [-0.3, -0.25) is 9.59 Å². The lowest BCUT2D eigenvalue weighted by atomic mass is 9.71. The van der Waals surface area contributed by atoms with Crippen molar-refractivity contribution in [2.75, 3.05) is 12.4 Å². The number of benzene rings is 2. The highest BCUT2D eigenvalue weighted by Gasteiger charge is 2.54. The number of methoxy groups -OCH3 is 1. The van der Waals surface area contributed by atoms with Crippen molar-refractivity contribution in [3.63, 3.8) is 0 Å². The predicted octanol–water partition coefficient (Wildman–Crippen LogP) is 2.28. The average molecular weight is 323 g/mol. The van der Waals surface area contributed by atoms with E-state index in [1.165, 1.54) is 0 Å². The van der Waals surface area contributed by atoms with Crippen molar-refractivity contribution in [1.29, 1.82) is 0 Å². The first-order chi connectivity index (χ1) is 11.6. The minimum atomic E-state index is -1.81. The van der Waals surface area contributed by atoms with E-state index in [1.807, 2.05) is 6.07 Å². The molecule has 1 amide bonds. The van der Waals surface area contributed by atoms with Crippen molar-refractivity contribution in [3.05, 3.63) is 59.2 Å². The number of carbonyl (C=O) groups is 2. The lowest BCUT2D eigenvalue weighted by molar-refractivity contribution is -0.138. The number of anilines is 1. The molecule has 0 saturated heterocycles. The second kappa shape index (κ2) is 5.18. The fourth-order valence-electron chi connectivity index (χ4n) is 3.77. The average Bonchev–Trinajstić information content (AvgIpc) is 2.86. The number of ketones is 1. The molecule has 0 unspecified atom stereocenters. The van der Waals surface area contributed by atoms with Crippen LogP contribution in [0.2, 0.25) is 0 Å². The quantitative estimate of drug-likeness (QED) is 0.889. The molecule has 24 heavy (non-hydrogen) atoms. The van der Waals surface area contributed by atoms with Crippen molar-refractivity contribution in [3.8, 4) is 5.75 Å². The summed E-state index contributed by atoms with van der Waals surface area (Å²) in [5.41, 5.74) is 0.679. The van der Waals surface area contributed by atoms with Crippen LogP contribution in [0.4, 0.5) is 5.69 Å². The van der Waals surface area contributed by atoms with E-state index in [2.05, 4.69) is 5.32 Å². The molecule has 0 bridgehead atoms. The molecule has 2 N–H and O–H groups in total. The Morgan fingerprint density at radius 3 is 2.79 bits per heavy atom. The molecule has 2 aliphatic rings. The van der Waals surface area contributed by atoms with Crippen molar-refractivity contribution >= 4 is 17.4 Å². The fraction of sp³-hybridized carbons (Fsp3) is 0.263. The number of ether oxygens (including phenoxy) is 1. The number of hydrogen-bond donors (Lipinski definition) is 2. The van der Waals surface area contributed by atoms with Gasteiger partial charge < -0.3 is 15.2 Å². The highest BCUT2D eigenvalue weighted by Crippen LogP contribution is 2.45. The van der Waals surface area contributed by atoms with E-state index >= 15 is 0 Å². The monoisotopic (exact) mass is 323 g/mol. The number of fused-ring (bicyclic) bond motifs is 2. The Morgan fingerprint density at radius 1 is 1.21 bits per heavy atom. The van der Waals surface area contributed by atoms with Crippen LogP contribution in [0, 0.1) is 5.92 Å². The molecule has 4 rings (SSSR count). The van der Waals surface area contributed by atoms with Crippen LogP contribution < -0.4 is 10.1 Å². The second-order valence-electron chi connectivity index (χ2n) is 6.24. The number of Topliss-reactive ketones (excluding diaryl/α,β-unsaturated/α-hetero) is 1. The normalized spacial score (nSPS) is 25.0. The fourth-order valence-corrected chi connectivity index (χ4v) is 3.77. The van der Waals surface area contributed by atoms with Crippen molar-refractivity contribution in [2.45, 2.75) is 18.4 Å². The summed E-state index contributed by atoms with van der Waals surface area (Å²) in [5, 5.41) is 13.9. The molecule has 1 heterocycles. The molecule has 0 spiro atoms. The first-order valence-electron chi connectivity index (χ1n) is 7.90. The van der Waals surface area contributed by atoms with Crippen molar-refractivity contribution < 1.29 is 19.4 Å². The van der Waals surface area contributed by atoms with Crippen molar-refractivity contribution in [2.24, 2.45) is 5.92 Å². The molecule has 5 nitrogen and oxygen atoms in total. The zero-order valence-corrected chi connectivity index (χ0v) is 13.2. The van der Waals surface area contributed by atoms with Gasteiger partial charge in [0.05, 0.1) is 13.0 Å². The summed E-state index contributed by atoms with van der Waals surface area (Å²) < 4.78 is 5.20. The van der Waals surface area contributed by atoms with E-state index < -0.39 is 17.4 Å². The molecule has 5 heteroatoms. The molecule has 2 aromatic rings. The Balaban J connectivity index is 1.78. The Kier molecular flexibility index (Phi) is 3.21. The van der Waals surface area contributed by atoms with Crippen LogP contribution in [0.25, 0.3) is 0 Å². The Labute approximate surface area is 139 Å². The number of aryl methyl sites for hydroxylation is 1. The van der Waals surface area contributed by atoms with Gasteiger partial charge >= 0.3 is 0 Å². The number of para-hydroxylation sites is 1. The zero-order chi connectivity index (χ0) is 16.9. The Hall–Kier alpha value is -2.66. The largest absolute Gasteiger partial charge is 0.497 e. The molecule has 122 valence electrons. The molecule has 0 aromatic heterocycles. The highest BCUT2D eigenvalue weighted by molar-refractivity contribution is 6.11. The number of aliphatic hydroxyl groups is 1. The van der Waals surface area contributed by atoms with Gasteiger partial charge in [0, 0.05) is 16.8 Å². The minimum absolute atomic E-state index is 0.201. The molecule has 0 fully saturated rings. The third kappa shape index (κ3) is 1.91. The third-order valence-corrected chi connectivity index (χ3v) is 5.03. The molecule has 2 aromatic carbocycles. The van der Waals surface area contributed by atoms with Crippen LogP contribution in [-0.2, 0) is 16.8 Å². The SMILES string of the molecule is COc1ccc2c(c1)CC[C@@H]([C@]1(O)C(=O)Nc3ccccc31)C2=O.